The van der Waals surface area contributed by atoms with Gasteiger partial charge in [0.15, 0.2) is 0 Å². The summed E-state index contributed by atoms with van der Waals surface area (Å²) in [5.41, 5.74) is -0.943. The molecule has 0 unspecified atom stereocenters. The Morgan fingerprint density at radius 1 is 1.18 bits per heavy atom. The second-order valence-electron chi connectivity index (χ2n) is 6.20. The third-order valence-corrected chi connectivity index (χ3v) is 3.10. The van der Waals surface area contributed by atoms with Crippen molar-refractivity contribution in [1.82, 2.24) is 10.6 Å². The summed E-state index contributed by atoms with van der Waals surface area (Å²) in [6, 6.07) is -0.199. The molecule has 1 aliphatic carbocycles. The molecule has 4 heteroatoms. The number of amides is 2. The summed E-state index contributed by atoms with van der Waals surface area (Å²) < 4.78 is 0. The van der Waals surface area contributed by atoms with E-state index in [1.807, 2.05) is 20.8 Å². The van der Waals surface area contributed by atoms with E-state index in [4.69, 9.17) is 0 Å². The molecule has 0 aromatic rings. The van der Waals surface area contributed by atoms with Gasteiger partial charge in [-0.15, -0.1) is 0 Å². The van der Waals surface area contributed by atoms with Gasteiger partial charge in [-0.05, 0) is 33.6 Å². The number of rotatable bonds is 2. The second kappa shape index (κ2) is 5.71. The van der Waals surface area contributed by atoms with E-state index < -0.39 is 5.60 Å². The normalized spacial score (nSPS) is 20.5. The van der Waals surface area contributed by atoms with Crippen molar-refractivity contribution in [2.45, 2.75) is 70.4 Å². The first-order valence-corrected chi connectivity index (χ1v) is 6.59. The fraction of sp³-hybridized carbons (Fsp3) is 0.923. The van der Waals surface area contributed by atoms with Gasteiger partial charge in [-0.25, -0.2) is 4.79 Å². The van der Waals surface area contributed by atoms with Gasteiger partial charge >= 0.3 is 6.03 Å². The lowest BCUT2D eigenvalue weighted by molar-refractivity contribution is 0.0275. The standard InChI is InChI=1S/C13H26N2O2/c1-12(2,3)15-11(16)14-10-13(17)8-6-4-5-7-9-13/h17H,4-10H2,1-3H3,(H2,14,15,16). The molecular formula is C13H26N2O2. The molecule has 0 saturated heterocycles. The number of aliphatic hydroxyl groups is 1. The fourth-order valence-corrected chi connectivity index (χ4v) is 2.19. The lowest BCUT2D eigenvalue weighted by Gasteiger charge is -2.28. The number of nitrogens with one attached hydrogen (secondary N) is 2. The van der Waals surface area contributed by atoms with Gasteiger partial charge in [0.1, 0.15) is 0 Å². The van der Waals surface area contributed by atoms with Gasteiger partial charge < -0.3 is 15.7 Å². The van der Waals surface area contributed by atoms with Gasteiger partial charge in [-0.1, -0.05) is 25.7 Å². The summed E-state index contributed by atoms with van der Waals surface area (Å²) in [6.45, 7) is 6.17. The van der Waals surface area contributed by atoms with E-state index in [1.54, 1.807) is 0 Å². The van der Waals surface area contributed by atoms with Crippen molar-refractivity contribution in [3.05, 3.63) is 0 Å². The lowest BCUT2D eigenvalue weighted by Crippen LogP contribution is -2.51. The predicted molar refractivity (Wildman–Crippen MR) is 68.9 cm³/mol. The first-order chi connectivity index (χ1) is 7.81. The van der Waals surface area contributed by atoms with Gasteiger partial charge in [-0.3, -0.25) is 0 Å². The molecule has 0 atom stereocenters. The molecule has 0 aromatic heterocycles. The van der Waals surface area contributed by atoms with Crippen LogP contribution in [-0.2, 0) is 0 Å². The van der Waals surface area contributed by atoms with E-state index in [2.05, 4.69) is 10.6 Å². The zero-order valence-electron chi connectivity index (χ0n) is 11.3. The smallest absolute Gasteiger partial charge is 0.315 e. The third kappa shape index (κ3) is 5.91. The highest BCUT2D eigenvalue weighted by molar-refractivity contribution is 5.74. The highest BCUT2D eigenvalue weighted by Crippen LogP contribution is 2.26. The Kier molecular flexibility index (Phi) is 4.80. The van der Waals surface area contributed by atoms with Crippen LogP contribution in [0, 0.1) is 0 Å². The molecule has 0 heterocycles. The Labute approximate surface area is 104 Å². The van der Waals surface area contributed by atoms with Crippen LogP contribution < -0.4 is 10.6 Å². The number of carbonyl (C=O) groups excluding carboxylic acids is 1. The molecule has 17 heavy (non-hydrogen) atoms. The SMILES string of the molecule is CC(C)(C)NC(=O)NCC1(O)CCCCCC1. The molecule has 0 aliphatic heterocycles. The van der Waals surface area contributed by atoms with Crippen molar-refractivity contribution in [2.75, 3.05) is 6.54 Å². The van der Waals surface area contributed by atoms with Crippen LogP contribution in [0.3, 0.4) is 0 Å². The maximum absolute atomic E-state index is 11.6. The molecule has 4 nitrogen and oxygen atoms in total. The van der Waals surface area contributed by atoms with Gasteiger partial charge in [0.2, 0.25) is 0 Å². The van der Waals surface area contributed by atoms with E-state index in [9.17, 15) is 9.90 Å². The quantitative estimate of drug-likeness (QED) is 0.650. The minimum atomic E-state index is -0.703. The second-order valence-corrected chi connectivity index (χ2v) is 6.20. The highest BCUT2D eigenvalue weighted by atomic mass is 16.3. The molecule has 1 rings (SSSR count). The van der Waals surface area contributed by atoms with E-state index in [0.29, 0.717) is 6.54 Å². The Morgan fingerprint density at radius 2 is 1.71 bits per heavy atom. The van der Waals surface area contributed by atoms with Crippen molar-refractivity contribution in [2.24, 2.45) is 0 Å². The number of urea groups is 1. The van der Waals surface area contributed by atoms with Crippen molar-refractivity contribution in [3.8, 4) is 0 Å². The molecular weight excluding hydrogens is 216 g/mol. The summed E-state index contributed by atoms with van der Waals surface area (Å²) >= 11 is 0. The third-order valence-electron chi connectivity index (χ3n) is 3.10. The van der Waals surface area contributed by atoms with Crippen molar-refractivity contribution >= 4 is 6.03 Å². The Bertz CT molecular complexity index is 251. The highest BCUT2D eigenvalue weighted by Gasteiger charge is 2.28. The average molecular weight is 242 g/mol. The number of hydrogen-bond acceptors (Lipinski definition) is 2. The monoisotopic (exact) mass is 242 g/mol. The predicted octanol–water partition coefficient (Wildman–Crippen LogP) is 2.17. The summed E-state index contributed by atoms with van der Waals surface area (Å²) in [7, 11) is 0. The van der Waals surface area contributed by atoms with Crippen LogP contribution in [0.5, 0.6) is 0 Å². The average Bonchev–Trinajstić information content (AvgIpc) is 2.38. The number of carbonyl (C=O) groups is 1. The first-order valence-electron chi connectivity index (χ1n) is 6.59. The zero-order chi connectivity index (χ0) is 12.9. The molecule has 3 N–H and O–H groups in total. The molecule has 2 amide bonds. The Balaban J connectivity index is 2.35. The topological polar surface area (TPSA) is 61.4 Å². The summed E-state index contributed by atoms with van der Waals surface area (Å²) in [5.74, 6) is 0. The molecule has 1 fully saturated rings. The van der Waals surface area contributed by atoms with E-state index in [0.717, 1.165) is 25.7 Å². The van der Waals surface area contributed by atoms with Crippen LogP contribution in [0.4, 0.5) is 4.79 Å². The Hall–Kier alpha value is -0.770. The van der Waals surface area contributed by atoms with E-state index >= 15 is 0 Å². The van der Waals surface area contributed by atoms with Crippen LogP contribution in [-0.4, -0.2) is 28.8 Å². The maximum Gasteiger partial charge on any atom is 0.315 e. The maximum atomic E-state index is 11.6. The van der Waals surface area contributed by atoms with Crippen LogP contribution in [0.25, 0.3) is 0 Å². The van der Waals surface area contributed by atoms with Crippen molar-refractivity contribution in [3.63, 3.8) is 0 Å². The van der Waals surface area contributed by atoms with Crippen LogP contribution >= 0.6 is 0 Å². The molecule has 1 saturated carbocycles. The Morgan fingerprint density at radius 3 is 2.18 bits per heavy atom. The van der Waals surface area contributed by atoms with E-state index in [1.165, 1.54) is 12.8 Å². The lowest BCUT2D eigenvalue weighted by atomic mass is 9.94. The molecule has 0 spiro atoms. The van der Waals surface area contributed by atoms with E-state index in [-0.39, 0.29) is 11.6 Å². The molecule has 0 radical (unpaired) electrons. The number of hydrogen-bond donors (Lipinski definition) is 3. The largest absolute Gasteiger partial charge is 0.388 e. The van der Waals surface area contributed by atoms with Crippen molar-refractivity contribution in [1.29, 1.82) is 0 Å². The van der Waals surface area contributed by atoms with Crippen LogP contribution in [0.1, 0.15) is 59.3 Å². The van der Waals surface area contributed by atoms with Gasteiger partial charge in [0.25, 0.3) is 0 Å². The molecule has 100 valence electrons. The minimum absolute atomic E-state index is 0.199. The first kappa shape index (κ1) is 14.3. The summed E-state index contributed by atoms with van der Waals surface area (Å²) in [6.07, 6.45) is 6.08. The van der Waals surface area contributed by atoms with Gasteiger partial charge in [0, 0.05) is 12.1 Å². The zero-order valence-corrected chi connectivity index (χ0v) is 11.3. The molecule has 0 aromatic carbocycles. The minimum Gasteiger partial charge on any atom is -0.388 e. The summed E-state index contributed by atoms with van der Waals surface area (Å²) in [5, 5.41) is 16.0. The summed E-state index contributed by atoms with van der Waals surface area (Å²) in [4.78, 5) is 11.6. The molecule has 1 aliphatic rings. The van der Waals surface area contributed by atoms with Gasteiger partial charge in [0.05, 0.1) is 5.60 Å². The van der Waals surface area contributed by atoms with Crippen LogP contribution in [0.2, 0.25) is 0 Å². The van der Waals surface area contributed by atoms with Crippen molar-refractivity contribution < 1.29 is 9.90 Å². The van der Waals surface area contributed by atoms with Gasteiger partial charge in [-0.2, -0.15) is 0 Å². The van der Waals surface area contributed by atoms with Crippen LogP contribution in [0.15, 0.2) is 0 Å². The molecule has 0 bridgehead atoms. The fourth-order valence-electron chi connectivity index (χ4n) is 2.19.